The number of ether oxygens (including phenoxy) is 1. The Morgan fingerprint density at radius 2 is 2.00 bits per heavy atom. The van der Waals surface area contributed by atoms with Crippen LogP contribution in [0.4, 0.5) is 0 Å². The second-order valence-corrected chi connectivity index (χ2v) is 5.80. The molecule has 0 unspecified atom stereocenters. The Hall–Kier alpha value is -3.15. The Morgan fingerprint density at radius 1 is 1.24 bits per heavy atom. The molecule has 128 valence electrons. The number of fused-ring (bicyclic) bond motifs is 1. The molecule has 3 rings (SSSR count). The van der Waals surface area contributed by atoms with Gasteiger partial charge in [0.1, 0.15) is 5.75 Å². The molecule has 1 amide bonds. The van der Waals surface area contributed by atoms with E-state index >= 15 is 0 Å². The zero-order valence-electron chi connectivity index (χ0n) is 14.5. The second kappa shape index (κ2) is 7.17. The van der Waals surface area contributed by atoms with E-state index in [1.807, 2.05) is 63.4 Å². The minimum absolute atomic E-state index is 0.0965. The predicted molar refractivity (Wildman–Crippen MR) is 97.9 cm³/mol. The molecule has 0 saturated carbocycles. The molecule has 2 aromatic carbocycles. The largest absolute Gasteiger partial charge is 0.484 e. The Morgan fingerprint density at radius 3 is 2.72 bits per heavy atom. The van der Waals surface area contributed by atoms with Crippen LogP contribution in [0.3, 0.4) is 0 Å². The van der Waals surface area contributed by atoms with Gasteiger partial charge in [-0.3, -0.25) is 9.48 Å². The van der Waals surface area contributed by atoms with Crippen molar-refractivity contribution in [2.45, 2.75) is 13.8 Å². The van der Waals surface area contributed by atoms with E-state index in [0.717, 1.165) is 27.7 Å². The van der Waals surface area contributed by atoms with Crippen molar-refractivity contribution in [3.63, 3.8) is 0 Å². The van der Waals surface area contributed by atoms with E-state index in [-0.39, 0.29) is 12.5 Å². The van der Waals surface area contributed by atoms with E-state index in [4.69, 9.17) is 4.74 Å². The summed E-state index contributed by atoms with van der Waals surface area (Å²) in [7, 11) is 1.87. The summed E-state index contributed by atoms with van der Waals surface area (Å²) < 4.78 is 7.31. The maximum atomic E-state index is 11.9. The summed E-state index contributed by atoms with van der Waals surface area (Å²) in [5.74, 6) is 0.334. The predicted octanol–water partition coefficient (Wildman–Crippen LogP) is 2.72. The summed E-state index contributed by atoms with van der Waals surface area (Å²) >= 11 is 0. The van der Waals surface area contributed by atoms with E-state index in [2.05, 4.69) is 15.6 Å². The van der Waals surface area contributed by atoms with E-state index in [1.165, 1.54) is 0 Å². The van der Waals surface area contributed by atoms with Crippen molar-refractivity contribution >= 4 is 22.9 Å². The number of aromatic nitrogens is 2. The molecule has 0 aliphatic heterocycles. The van der Waals surface area contributed by atoms with Crippen molar-refractivity contribution in [3.05, 3.63) is 59.4 Å². The Bertz CT molecular complexity index is 944. The average Bonchev–Trinajstić information content (AvgIpc) is 2.86. The average molecular weight is 336 g/mol. The number of hydrogen-bond acceptors (Lipinski definition) is 4. The van der Waals surface area contributed by atoms with Gasteiger partial charge in [0.25, 0.3) is 5.91 Å². The Labute approximate surface area is 146 Å². The van der Waals surface area contributed by atoms with Crippen molar-refractivity contribution in [1.82, 2.24) is 15.2 Å². The lowest BCUT2D eigenvalue weighted by atomic mass is 10.1. The summed E-state index contributed by atoms with van der Waals surface area (Å²) in [6.45, 7) is 3.76. The Balaban J connectivity index is 1.56. The van der Waals surface area contributed by atoms with Crippen LogP contribution in [0.5, 0.6) is 5.75 Å². The Kier molecular flexibility index (Phi) is 4.79. The van der Waals surface area contributed by atoms with Crippen molar-refractivity contribution in [3.8, 4) is 5.75 Å². The summed E-state index contributed by atoms with van der Waals surface area (Å²) in [5, 5.41) is 10.5. The third-order valence-electron chi connectivity index (χ3n) is 4.04. The minimum atomic E-state index is -0.316. The molecule has 0 fully saturated rings. The third kappa shape index (κ3) is 3.85. The summed E-state index contributed by atoms with van der Waals surface area (Å²) in [6.07, 6.45) is 1.60. The van der Waals surface area contributed by atoms with Gasteiger partial charge in [0.2, 0.25) is 0 Å². The first-order chi connectivity index (χ1) is 12.0. The molecule has 1 N–H and O–H groups in total. The molecule has 0 aliphatic rings. The topological polar surface area (TPSA) is 68.5 Å². The highest BCUT2D eigenvalue weighted by Crippen LogP contribution is 2.20. The van der Waals surface area contributed by atoms with Gasteiger partial charge < -0.3 is 4.74 Å². The molecule has 1 aromatic heterocycles. The molecule has 6 heteroatoms. The maximum absolute atomic E-state index is 11.9. The first-order valence-corrected chi connectivity index (χ1v) is 7.98. The third-order valence-corrected chi connectivity index (χ3v) is 4.04. The highest BCUT2D eigenvalue weighted by Gasteiger charge is 2.07. The number of nitrogens with zero attached hydrogens (tertiary/aromatic N) is 3. The molecule has 0 saturated heterocycles. The summed E-state index contributed by atoms with van der Waals surface area (Å²) in [4.78, 5) is 11.9. The highest BCUT2D eigenvalue weighted by molar-refractivity contribution is 5.85. The van der Waals surface area contributed by atoms with Crippen molar-refractivity contribution in [2.75, 3.05) is 6.61 Å². The number of nitrogens with one attached hydrogen (secondary N) is 1. The van der Waals surface area contributed by atoms with Crippen LogP contribution < -0.4 is 10.2 Å². The number of rotatable bonds is 5. The van der Waals surface area contributed by atoms with E-state index < -0.39 is 0 Å². The fraction of sp³-hybridized carbons (Fsp3) is 0.211. The standard InChI is InChI=1S/C19H20N4O2/c1-13-18(14(2)23(3)22-13)11-20-21-19(24)12-25-17-9-8-15-6-4-5-7-16(15)10-17/h4-11H,12H2,1-3H3,(H,21,24)/b20-11+. The monoisotopic (exact) mass is 336 g/mol. The SMILES string of the molecule is Cc1nn(C)c(C)c1/C=N/NC(=O)COc1ccc2ccccc2c1. The van der Waals surface area contributed by atoms with E-state index in [9.17, 15) is 4.79 Å². The fourth-order valence-corrected chi connectivity index (χ4v) is 2.58. The smallest absolute Gasteiger partial charge is 0.277 e. The molecule has 3 aromatic rings. The maximum Gasteiger partial charge on any atom is 0.277 e. The lowest BCUT2D eigenvalue weighted by molar-refractivity contribution is -0.123. The molecule has 0 bridgehead atoms. The van der Waals surface area contributed by atoms with Gasteiger partial charge in [-0.15, -0.1) is 0 Å². The van der Waals surface area contributed by atoms with Gasteiger partial charge in [-0.1, -0.05) is 30.3 Å². The van der Waals surface area contributed by atoms with Crippen LogP contribution in [0, 0.1) is 13.8 Å². The quantitative estimate of drug-likeness (QED) is 0.575. The van der Waals surface area contributed by atoms with Crippen LogP contribution in [-0.4, -0.2) is 28.5 Å². The molecular weight excluding hydrogens is 316 g/mol. The number of hydrogen-bond donors (Lipinski definition) is 1. The number of carbonyl (C=O) groups is 1. The van der Waals surface area contributed by atoms with Crippen LogP contribution in [0.1, 0.15) is 17.0 Å². The van der Waals surface area contributed by atoms with E-state index in [1.54, 1.807) is 10.9 Å². The zero-order chi connectivity index (χ0) is 17.8. The van der Waals surface area contributed by atoms with Gasteiger partial charge in [-0.2, -0.15) is 10.2 Å². The summed E-state index contributed by atoms with van der Waals surface area (Å²) in [5.41, 5.74) is 5.23. The molecule has 0 radical (unpaired) electrons. The van der Waals surface area contributed by atoms with Crippen molar-refractivity contribution in [2.24, 2.45) is 12.1 Å². The van der Waals surface area contributed by atoms with Crippen LogP contribution in [-0.2, 0) is 11.8 Å². The van der Waals surface area contributed by atoms with E-state index in [0.29, 0.717) is 5.75 Å². The van der Waals surface area contributed by atoms with Crippen molar-refractivity contribution in [1.29, 1.82) is 0 Å². The van der Waals surface area contributed by atoms with Gasteiger partial charge in [-0.25, -0.2) is 5.43 Å². The summed E-state index contributed by atoms with van der Waals surface area (Å²) in [6, 6.07) is 13.7. The normalized spacial score (nSPS) is 11.2. The lowest BCUT2D eigenvalue weighted by Gasteiger charge is -2.06. The van der Waals surface area contributed by atoms with Crippen LogP contribution in [0.25, 0.3) is 10.8 Å². The number of amides is 1. The number of hydrazone groups is 1. The zero-order valence-corrected chi connectivity index (χ0v) is 14.5. The highest BCUT2D eigenvalue weighted by atomic mass is 16.5. The lowest BCUT2D eigenvalue weighted by Crippen LogP contribution is -2.24. The van der Waals surface area contributed by atoms with Gasteiger partial charge >= 0.3 is 0 Å². The molecule has 25 heavy (non-hydrogen) atoms. The van der Waals surface area contributed by atoms with Gasteiger partial charge in [0.15, 0.2) is 6.61 Å². The van der Waals surface area contributed by atoms with Crippen LogP contribution >= 0.6 is 0 Å². The molecule has 1 heterocycles. The fourth-order valence-electron chi connectivity index (χ4n) is 2.58. The number of benzene rings is 2. The first kappa shape index (κ1) is 16.7. The first-order valence-electron chi connectivity index (χ1n) is 7.98. The van der Waals surface area contributed by atoms with Gasteiger partial charge in [0.05, 0.1) is 11.9 Å². The molecule has 0 spiro atoms. The van der Waals surface area contributed by atoms with Crippen molar-refractivity contribution < 1.29 is 9.53 Å². The van der Waals surface area contributed by atoms with Crippen LogP contribution in [0.15, 0.2) is 47.6 Å². The minimum Gasteiger partial charge on any atom is -0.484 e. The van der Waals surface area contributed by atoms with Gasteiger partial charge in [0, 0.05) is 18.3 Å². The second-order valence-electron chi connectivity index (χ2n) is 5.80. The molecule has 0 atom stereocenters. The molecule has 6 nitrogen and oxygen atoms in total. The number of carbonyl (C=O) groups excluding carboxylic acids is 1. The number of aryl methyl sites for hydroxylation is 2. The van der Waals surface area contributed by atoms with Gasteiger partial charge in [-0.05, 0) is 36.8 Å². The molecular formula is C19H20N4O2. The van der Waals surface area contributed by atoms with Crippen LogP contribution in [0.2, 0.25) is 0 Å². The molecule has 0 aliphatic carbocycles.